The van der Waals surface area contributed by atoms with Crippen LogP contribution in [0.4, 0.5) is 5.82 Å². The summed E-state index contributed by atoms with van der Waals surface area (Å²) in [5.41, 5.74) is 10.3. The Balaban J connectivity index is 1.77. The first-order chi connectivity index (χ1) is 27.4. The number of nitrogens with zero attached hydrogens (tertiary/aromatic N) is 5. The number of aromatic nitrogens is 3. The van der Waals surface area contributed by atoms with Crippen molar-refractivity contribution >= 4 is 23.1 Å². The molecule has 322 valence electrons. The number of aryl methyl sites for hydroxylation is 1. The lowest BCUT2D eigenvalue weighted by atomic mass is 10.1. The molecule has 0 fully saturated rings. The van der Waals surface area contributed by atoms with Gasteiger partial charge in [0, 0.05) is 26.0 Å². The fourth-order valence-electron chi connectivity index (χ4n) is 7.67. The molecule has 0 aliphatic heterocycles. The molecule has 0 amide bonds. The number of carbonyl (C=O) groups excluding carboxylic acids is 1. The standard InChI is InChI=1S/C47H87N6O2S/c1-6-9-12-15-18-21-25-32-51(33-26-22-19-16-13-10-7-2)36-29-37-52(34-27-23-20-17-14-11-8-3)35-28-24-30-46(54)55-38-31-45-42(4)53(41-56-45)40-44-39-49-43(5)50-47(44)48/h39,41H,6-38,40H2,1-5H3,(H2,48,49,50)/q+1. The molecule has 9 heteroatoms. The molecule has 0 atom stereocenters. The third kappa shape index (κ3) is 24.6. The van der Waals surface area contributed by atoms with Gasteiger partial charge < -0.3 is 20.3 Å². The number of ether oxygens (including phenoxy) is 1. The van der Waals surface area contributed by atoms with Gasteiger partial charge in [0.2, 0.25) is 5.51 Å². The van der Waals surface area contributed by atoms with Gasteiger partial charge >= 0.3 is 5.97 Å². The second-order valence-corrected chi connectivity index (χ2v) is 17.5. The van der Waals surface area contributed by atoms with Crippen LogP contribution >= 0.6 is 11.3 Å². The number of hydrogen-bond donors (Lipinski definition) is 1. The summed E-state index contributed by atoms with van der Waals surface area (Å²) >= 11 is 1.70. The van der Waals surface area contributed by atoms with Crippen LogP contribution in [0.5, 0.6) is 0 Å². The summed E-state index contributed by atoms with van der Waals surface area (Å²) in [5.74, 6) is 1.14. The average molecular weight is 800 g/mol. The largest absolute Gasteiger partial charge is 0.465 e. The smallest absolute Gasteiger partial charge is 0.305 e. The van der Waals surface area contributed by atoms with Gasteiger partial charge in [-0.1, -0.05) is 148 Å². The van der Waals surface area contributed by atoms with E-state index in [0.717, 1.165) is 31.4 Å². The van der Waals surface area contributed by atoms with E-state index in [1.54, 1.807) is 11.3 Å². The van der Waals surface area contributed by atoms with Crippen LogP contribution in [0.1, 0.15) is 203 Å². The van der Waals surface area contributed by atoms with E-state index in [2.05, 4.69) is 57.5 Å². The topological polar surface area (TPSA) is 88.5 Å². The van der Waals surface area contributed by atoms with Crippen LogP contribution in [-0.2, 0) is 22.5 Å². The van der Waals surface area contributed by atoms with Crippen molar-refractivity contribution in [1.29, 1.82) is 0 Å². The summed E-state index contributed by atoms with van der Waals surface area (Å²) in [7, 11) is 0. The van der Waals surface area contributed by atoms with Gasteiger partial charge in [0.15, 0.2) is 12.2 Å². The quantitative estimate of drug-likeness (QED) is 0.0411. The molecule has 2 rings (SSSR count). The van der Waals surface area contributed by atoms with Gasteiger partial charge in [-0.05, 0) is 84.7 Å². The first kappa shape index (κ1) is 50.0. The molecule has 0 saturated heterocycles. The fraction of sp³-hybridized carbons (Fsp3) is 0.830. The van der Waals surface area contributed by atoms with Crippen molar-refractivity contribution in [2.45, 2.75) is 208 Å². The van der Waals surface area contributed by atoms with E-state index >= 15 is 0 Å². The fourth-order valence-corrected chi connectivity index (χ4v) is 8.64. The zero-order valence-electron chi connectivity index (χ0n) is 37.2. The predicted molar refractivity (Wildman–Crippen MR) is 240 cm³/mol. The Morgan fingerprint density at radius 1 is 0.661 bits per heavy atom. The van der Waals surface area contributed by atoms with Crippen molar-refractivity contribution in [2.24, 2.45) is 0 Å². The monoisotopic (exact) mass is 800 g/mol. The van der Waals surface area contributed by atoms with Crippen molar-refractivity contribution in [2.75, 3.05) is 51.6 Å². The Bertz CT molecular complexity index is 1220. The highest BCUT2D eigenvalue weighted by atomic mass is 32.1. The number of nitrogen functional groups attached to an aromatic ring is 1. The number of anilines is 1. The molecule has 2 N–H and O–H groups in total. The van der Waals surface area contributed by atoms with Crippen molar-refractivity contribution in [3.05, 3.63) is 33.7 Å². The molecular formula is C47H87N6O2S+. The molecule has 2 aromatic rings. The highest BCUT2D eigenvalue weighted by molar-refractivity contribution is 7.09. The van der Waals surface area contributed by atoms with E-state index in [0.29, 0.717) is 31.2 Å². The first-order valence-electron chi connectivity index (χ1n) is 23.5. The van der Waals surface area contributed by atoms with Crippen LogP contribution in [-0.4, -0.2) is 71.6 Å². The zero-order chi connectivity index (χ0) is 40.5. The number of esters is 1. The van der Waals surface area contributed by atoms with E-state index < -0.39 is 0 Å². The van der Waals surface area contributed by atoms with Gasteiger partial charge in [-0.15, -0.1) is 0 Å². The number of nitrogens with two attached hydrogens (primary N) is 1. The molecule has 0 unspecified atom stereocenters. The maximum absolute atomic E-state index is 12.7. The molecule has 0 radical (unpaired) electrons. The van der Waals surface area contributed by atoms with E-state index in [1.807, 2.05) is 13.1 Å². The van der Waals surface area contributed by atoms with Gasteiger partial charge in [0.1, 0.15) is 11.6 Å². The summed E-state index contributed by atoms with van der Waals surface area (Å²) in [6, 6.07) is 0. The number of hydrogen-bond acceptors (Lipinski definition) is 8. The molecule has 0 aromatic carbocycles. The maximum Gasteiger partial charge on any atom is 0.305 e. The molecule has 2 heterocycles. The van der Waals surface area contributed by atoms with Crippen LogP contribution in [0, 0.1) is 13.8 Å². The number of thiazole rings is 1. The Morgan fingerprint density at radius 3 is 1.59 bits per heavy atom. The molecule has 0 spiro atoms. The number of carbonyl (C=O) groups is 1. The maximum atomic E-state index is 12.7. The minimum atomic E-state index is -0.0679. The van der Waals surface area contributed by atoms with Crippen molar-refractivity contribution in [1.82, 2.24) is 19.8 Å². The summed E-state index contributed by atoms with van der Waals surface area (Å²) in [6.07, 6.45) is 35.1. The van der Waals surface area contributed by atoms with E-state index in [1.165, 1.54) is 185 Å². The van der Waals surface area contributed by atoms with Gasteiger partial charge in [-0.2, -0.15) is 4.57 Å². The van der Waals surface area contributed by atoms with Gasteiger partial charge in [0.05, 0.1) is 17.0 Å². The average Bonchev–Trinajstić information content (AvgIpc) is 3.53. The lowest BCUT2D eigenvalue weighted by Crippen LogP contribution is -2.35. The molecule has 0 aliphatic rings. The zero-order valence-corrected chi connectivity index (χ0v) is 38.1. The van der Waals surface area contributed by atoms with Crippen LogP contribution in [0.2, 0.25) is 0 Å². The Morgan fingerprint density at radius 2 is 1.11 bits per heavy atom. The Hall–Kier alpha value is -2.10. The van der Waals surface area contributed by atoms with Gasteiger partial charge in [-0.25, -0.2) is 9.97 Å². The van der Waals surface area contributed by atoms with E-state index in [4.69, 9.17) is 10.5 Å². The third-order valence-corrected chi connectivity index (χ3v) is 12.5. The predicted octanol–water partition coefficient (Wildman–Crippen LogP) is 11.6. The summed E-state index contributed by atoms with van der Waals surface area (Å²) in [4.78, 5) is 28.1. The third-order valence-electron chi connectivity index (χ3n) is 11.4. The lowest BCUT2D eigenvalue weighted by Gasteiger charge is -2.26. The normalized spacial score (nSPS) is 11.7. The minimum Gasteiger partial charge on any atom is -0.465 e. The molecule has 2 aromatic heterocycles. The molecule has 8 nitrogen and oxygen atoms in total. The highest BCUT2D eigenvalue weighted by Gasteiger charge is 2.18. The second kappa shape index (κ2) is 33.8. The van der Waals surface area contributed by atoms with Crippen LogP contribution in [0.15, 0.2) is 11.7 Å². The highest BCUT2D eigenvalue weighted by Crippen LogP contribution is 2.16. The second-order valence-electron chi connectivity index (χ2n) is 16.5. The number of unbranched alkanes of at least 4 members (excludes halogenated alkanes) is 19. The van der Waals surface area contributed by atoms with Crippen molar-refractivity contribution in [3.8, 4) is 0 Å². The van der Waals surface area contributed by atoms with Crippen LogP contribution < -0.4 is 10.3 Å². The summed E-state index contributed by atoms with van der Waals surface area (Å²) in [5, 5.41) is 0. The molecule has 56 heavy (non-hydrogen) atoms. The Kier molecular flexibility index (Phi) is 30.2. The minimum absolute atomic E-state index is 0.0679. The van der Waals surface area contributed by atoms with E-state index in [9.17, 15) is 4.79 Å². The Labute approximate surface area is 349 Å². The van der Waals surface area contributed by atoms with Crippen molar-refractivity contribution in [3.63, 3.8) is 0 Å². The van der Waals surface area contributed by atoms with Crippen LogP contribution in [0.25, 0.3) is 0 Å². The van der Waals surface area contributed by atoms with Gasteiger partial charge in [0.25, 0.3) is 0 Å². The molecule has 0 aliphatic carbocycles. The van der Waals surface area contributed by atoms with Crippen LogP contribution in [0.3, 0.4) is 0 Å². The lowest BCUT2D eigenvalue weighted by molar-refractivity contribution is -0.689. The summed E-state index contributed by atoms with van der Waals surface area (Å²) < 4.78 is 7.88. The summed E-state index contributed by atoms with van der Waals surface area (Å²) in [6.45, 7) is 19.2. The van der Waals surface area contributed by atoms with Crippen molar-refractivity contribution < 1.29 is 14.1 Å². The SMILES string of the molecule is CCCCCCCCCN(CCCCCCCCC)CCCN(CCCCCCCCC)CCCCC(=O)OCCc1sc[n+](Cc2cnc(C)nc2N)c1C. The van der Waals surface area contributed by atoms with Gasteiger partial charge in [-0.3, -0.25) is 4.79 Å². The molecule has 0 bridgehead atoms. The number of rotatable bonds is 38. The van der Waals surface area contributed by atoms with E-state index in [-0.39, 0.29) is 5.97 Å². The first-order valence-corrected chi connectivity index (χ1v) is 24.4. The molecular weight excluding hydrogens is 713 g/mol. The molecule has 0 saturated carbocycles.